The summed E-state index contributed by atoms with van der Waals surface area (Å²) in [6.45, 7) is 1.20. The Balaban J connectivity index is 2.00. The summed E-state index contributed by atoms with van der Waals surface area (Å²) in [4.78, 5) is 0. The van der Waals surface area contributed by atoms with Gasteiger partial charge in [0.15, 0.2) is 0 Å². The third-order valence-corrected chi connectivity index (χ3v) is 3.62. The lowest BCUT2D eigenvalue weighted by Gasteiger charge is -2.15. The fourth-order valence-electron chi connectivity index (χ4n) is 2.93. The van der Waals surface area contributed by atoms with Gasteiger partial charge < -0.3 is 5.32 Å². The van der Waals surface area contributed by atoms with Gasteiger partial charge in [-0.1, -0.05) is 18.2 Å². The first kappa shape index (κ1) is 8.49. The van der Waals surface area contributed by atoms with Crippen LogP contribution in [0.4, 0.5) is 0 Å². The largest absolute Gasteiger partial charge is 0.310 e. The first-order valence-electron chi connectivity index (χ1n) is 5.79. The predicted octanol–water partition coefficient (Wildman–Crippen LogP) is 2.60. The van der Waals surface area contributed by atoms with Crippen molar-refractivity contribution in [1.82, 2.24) is 5.32 Å². The molecule has 74 valence electrons. The van der Waals surface area contributed by atoms with E-state index in [9.17, 15) is 0 Å². The fraction of sp³-hybridized carbons (Fsp3) is 0.538. The van der Waals surface area contributed by atoms with E-state index in [0.29, 0.717) is 6.04 Å². The second-order valence-electron chi connectivity index (χ2n) is 4.49. The van der Waals surface area contributed by atoms with Gasteiger partial charge in [-0.05, 0) is 55.3 Å². The van der Waals surface area contributed by atoms with E-state index >= 15 is 0 Å². The van der Waals surface area contributed by atoms with Gasteiger partial charge in [0.05, 0.1) is 0 Å². The summed E-state index contributed by atoms with van der Waals surface area (Å²) in [6, 6.07) is 7.52. The van der Waals surface area contributed by atoms with Gasteiger partial charge in [0.2, 0.25) is 0 Å². The highest BCUT2D eigenvalue weighted by Gasteiger charge is 2.22. The third kappa shape index (κ3) is 1.27. The zero-order valence-corrected chi connectivity index (χ0v) is 8.55. The molecule has 1 aromatic rings. The van der Waals surface area contributed by atoms with Crippen molar-refractivity contribution >= 4 is 0 Å². The monoisotopic (exact) mass is 187 g/mol. The lowest BCUT2D eigenvalue weighted by molar-refractivity contribution is 0.641. The Hall–Kier alpha value is -0.820. The number of aryl methyl sites for hydroxylation is 1. The molecular formula is C13H17N. The highest BCUT2D eigenvalue weighted by Crippen LogP contribution is 2.32. The van der Waals surface area contributed by atoms with E-state index < -0.39 is 0 Å². The van der Waals surface area contributed by atoms with Gasteiger partial charge in [0.1, 0.15) is 0 Å². The van der Waals surface area contributed by atoms with Crippen LogP contribution in [0.25, 0.3) is 0 Å². The molecule has 1 heteroatoms. The van der Waals surface area contributed by atoms with Crippen LogP contribution < -0.4 is 5.32 Å². The molecule has 1 fully saturated rings. The quantitative estimate of drug-likeness (QED) is 0.712. The molecule has 0 bridgehead atoms. The third-order valence-electron chi connectivity index (χ3n) is 3.62. The SMILES string of the molecule is c1cc2c(c([C@H]3CCCN3)c1)CCC2. The highest BCUT2D eigenvalue weighted by atomic mass is 14.9. The van der Waals surface area contributed by atoms with Crippen LogP contribution in [-0.4, -0.2) is 6.54 Å². The van der Waals surface area contributed by atoms with Crippen LogP contribution in [0.3, 0.4) is 0 Å². The number of hydrogen-bond donors (Lipinski definition) is 1. The molecule has 0 amide bonds. The van der Waals surface area contributed by atoms with Gasteiger partial charge >= 0.3 is 0 Å². The number of rotatable bonds is 1. The van der Waals surface area contributed by atoms with Crippen molar-refractivity contribution in [2.24, 2.45) is 0 Å². The number of benzene rings is 1. The molecule has 3 rings (SSSR count). The van der Waals surface area contributed by atoms with Crippen LogP contribution in [-0.2, 0) is 12.8 Å². The maximum Gasteiger partial charge on any atom is 0.0323 e. The second kappa shape index (κ2) is 3.39. The number of fused-ring (bicyclic) bond motifs is 1. The van der Waals surface area contributed by atoms with Crippen LogP contribution in [0.1, 0.15) is 42.0 Å². The van der Waals surface area contributed by atoms with Gasteiger partial charge in [0.25, 0.3) is 0 Å². The van der Waals surface area contributed by atoms with E-state index in [0.717, 1.165) is 0 Å². The molecule has 1 aromatic carbocycles. The van der Waals surface area contributed by atoms with Crippen LogP contribution in [0, 0.1) is 0 Å². The second-order valence-corrected chi connectivity index (χ2v) is 4.49. The van der Waals surface area contributed by atoms with Crippen LogP contribution >= 0.6 is 0 Å². The van der Waals surface area contributed by atoms with Crippen molar-refractivity contribution < 1.29 is 0 Å². The molecule has 1 N–H and O–H groups in total. The lowest BCUT2D eigenvalue weighted by atomic mass is 9.96. The Morgan fingerprint density at radius 2 is 2.14 bits per heavy atom. The zero-order chi connectivity index (χ0) is 9.38. The molecule has 0 radical (unpaired) electrons. The molecule has 1 aliphatic heterocycles. The van der Waals surface area contributed by atoms with Crippen molar-refractivity contribution in [2.75, 3.05) is 6.54 Å². The minimum absolute atomic E-state index is 0.656. The number of hydrogen-bond acceptors (Lipinski definition) is 1. The summed E-state index contributed by atoms with van der Waals surface area (Å²) in [5.74, 6) is 0. The van der Waals surface area contributed by atoms with Gasteiger partial charge in [-0.25, -0.2) is 0 Å². The Kier molecular flexibility index (Phi) is 2.06. The maximum absolute atomic E-state index is 3.60. The molecule has 0 unspecified atom stereocenters. The van der Waals surface area contributed by atoms with Gasteiger partial charge in [-0.15, -0.1) is 0 Å². The zero-order valence-electron chi connectivity index (χ0n) is 8.55. The molecule has 1 heterocycles. The Bertz CT molecular complexity index is 337. The van der Waals surface area contributed by atoms with E-state index in [1.165, 1.54) is 38.6 Å². The first-order valence-corrected chi connectivity index (χ1v) is 5.79. The van der Waals surface area contributed by atoms with Crippen LogP contribution in [0.15, 0.2) is 18.2 Å². The van der Waals surface area contributed by atoms with Crippen molar-refractivity contribution in [2.45, 2.75) is 38.1 Å². The lowest BCUT2D eigenvalue weighted by Crippen LogP contribution is -2.14. The van der Waals surface area contributed by atoms with Crippen LogP contribution in [0.2, 0.25) is 0 Å². The molecular weight excluding hydrogens is 170 g/mol. The van der Waals surface area contributed by atoms with E-state index in [2.05, 4.69) is 23.5 Å². The van der Waals surface area contributed by atoms with E-state index in [-0.39, 0.29) is 0 Å². The predicted molar refractivity (Wildman–Crippen MR) is 58.4 cm³/mol. The fourth-order valence-corrected chi connectivity index (χ4v) is 2.93. The van der Waals surface area contributed by atoms with E-state index in [1.807, 2.05) is 0 Å². The van der Waals surface area contributed by atoms with E-state index in [1.54, 1.807) is 16.7 Å². The standard InChI is InChI=1S/C13H17N/c1-4-10-5-2-7-12(11(10)6-1)13-8-3-9-14-13/h2,5,7,13-14H,1,3-4,6,8-9H2/t13-/m1/s1. The number of nitrogens with one attached hydrogen (secondary N) is 1. The molecule has 1 atom stereocenters. The summed E-state index contributed by atoms with van der Waals surface area (Å²) in [5, 5.41) is 3.60. The molecule has 0 aromatic heterocycles. The van der Waals surface area contributed by atoms with E-state index in [4.69, 9.17) is 0 Å². The Labute approximate surface area is 85.5 Å². The maximum atomic E-state index is 3.60. The summed E-state index contributed by atoms with van der Waals surface area (Å²) in [5.41, 5.74) is 4.86. The normalized spacial score (nSPS) is 25.3. The van der Waals surface area contributed by atoms with Crippen molar-refractivity contribution in [3.8, 4) is 0 Å². The van der Waals surface area contributed by atoms with Gasteiger partial charge in [0, 0.05) is 6.04 Å². The summed E-state index contributed by atoms with van der Waals surface area (Å²) in [6.07, 6.45) is 6.64. The minimum atomic E-state index is 0.656. The average molecular weight is 187 g/mol. The average Bonchev–Trinajstić information content (AvgIpc) is 2.88. The highest BCUT2D eigenvalue weighted by molar-refractivity contribution is 5.40. The molecule has 0 spiro atoms. The molecule has 1 aliphatic carbocycles. The van der Waals surface area contributed by atoms with Crippen LogP contribution in [0.5, 0.6) is 0 Å². The van der Waals surface area contributed by atoms with Crippen molar-refractivity contribution in [1.29, 1.82) is 0 Å². The smallest absolute Gasteiger partial charge is 0.0323 e. The molecule has 2 aliphatic rings. The topological polar surface area (TPSA) is 12.0 Å². The van der Waals surface area contributed by atoms with Gasteiger partial charge in [-0.2, -0.15) is 0 Å². The molecule has 14 heavy (non-hydrogen) atoms. The summed E-state index contributed by atoms with van der Waals surface area (Å²) >= 11 is 0. The summed E-state index contributed by atoms with van der Waals surface area (Å²) < 4.78 is 0. The summed E-state index contributed by atoms with van der Waals surface area (Å²) in [7, 11) is 0. The molecule has 0 saturated carbocycles. The van der Waals surface area contributed by atoms with Gasteiger partial charge in [-0.3, -0.25) is 0 Å². The minimum Gasteiger partial charge on any atom is -0.310 e. The first-order chi connectivity index (χ1) is 6.95. The van der Waals surface area contributed by atoms with Crippen molar-refractivity contribution in [3.63, 3.8) is 0 Å². The Morgan fingerprint density at radius 3 is 3.00 bits per heavy atom. The molecule has 1 saturated heterocycles. The van der Waals surface area contributed by atoms with Crippen molar-refractivity contribution in [3.05, 3.63) is 34.9 Å². The Morgan fingerprint density at radius 1 is 1.14 bits per heavy atom. The molecule has 1 nitrogen and oxygen atoms in total.